The van der Waals surface area contributed by atoms with Crippen LogP contribution in [0.3, 0.4) is 0 Å². The third-order valence-electron chi connectivity index (χ3n) is 5.62. The number of benzene rings is 2. The lowest BCUT2D eigenvalue weighted by Crippen LogP contribution is -2.39. The maximum Gasteiger partial charge on any atom is 0.338 e. The first kappa shape index (κ1) is 24.9. The molecular weight excluding hydrogens is 486 g/mol. The van der Waals surface area contributed by atoms with Crippen LogP contribution >= 0.6 is 11.3 Å². The molecule has 0 amide bonds. The van der Waals surface area contributed by atoms with Gasteiger partial charge in [0.1, 0.15) is 0 Å². The lowest BCUT2D eigenvalue weighted by atomic mass is 9.95. The van der Waals surface area contributed by atoms with Gasteiger partial charge in [-0.15, -0.1) is 0 Å². The average molecular weight is 510 g/mol. The molecule has 0 saturated carbocycles. The second-order valence-electron chi connectivity index (χ2n) is 7.77. The van der Waals surface area contributed by atoms with E-state index in [-0.39, 0.29) is 23.4 Å². The largest absolute Gasteiger partial charge is 0.493 e. The number of methoxy groups -OCH3 is 2. The number of esters is 1. The lowest BCUT2D eigenvalue weighted by molar-refractivity contribution is -0.384. The molecule has 1 aliphatic rings. The second-order valence-corrected chi connectivity index (χ2v) is 8.78. The van der Waals surface area contributed by atoms with E-state index in [1.807, 2.05) is 0 Å². The van der Waals surface area contributed by atoms with E-state index < -0.39 is 16.9 Å². The predicted molar refractivity (Wildman–Crippen MR) is 133 cm³/mol. The Balaban J connectivity index is 1.96. The third kappa shape index (κ3) is 4.52. The summed E-state index contributed by atoms with van der Waals surface area (Å²) < 4.78 is 17.8. The summed E-state index contributed by atoms with van der Waals surface area (Å²) in [5.74, 6) is 0.357. The van der Waals surface area contributed by atoms with Crippen LogP contribution < -0.4 is 24.4 Å². The van der Waals surface area contributed by atoms with Gasteiger partial charge in [-0.1, -0.05) is 29.5 Å². The van der Waals surface area contributed by atoms with Crippen molar-refractivity contribution in [2.45, 2.75) is 19.9 Å². The van der Waals surface area contributed by atoms with Crippen molar-refractivity contribution in [3.05, 3.63) is 94.7 Å². The number of hydrogen-bond acceptors (Lipinski definition) is 9. The molecule has 186 valence electrons. The highest BCUT2D eigenvalue weighted by atomic mass is 32.1. The van der Waals surface area contributed by atoms with Gasteiger partial charge in [0.15, 0.2) is 16.3 Å². The molecule has 0 radical (unpaired) electrons. The quantitative estimate of drug-likeness (QED) is 0.273. The fourth-order valence-electron chi connectivity index (χ4n) is 4.01. The number of fused-ring (bicyclic) bond motifs is 1. The molecule has 1 atom stereocenters. The molecule has 0 saturated heterocycles. The minimum atomic E-state index is -0.827. The maximum absolute atomic E-state index is 13.6. The van der Waals surface area contributed by atoms with Gasteiger partial charge in [0, 0.05) is 12.1 Å². The van der Waals surface area contributed by atoms with Crippen molar-refractivity contribution in [2.24, 2.45) is 4.99 Å². The van der Waals surface area contributed by atoms with Gasteiger partial charge in [-0.2, -0.15) is 0 Å². The Hall–Kier alpha value is -4.25. The summed E-state index contributed by atoms with van der Waals surface area (Å²) in [7, 11) is 3.02. The van der Waals surface area contributed by atoms with Crippen LogP contribution in [0, 0.1) is 10.1 Å². The van der Waals surface area contributed by atoms with Gasteiger partial charge in [0.2, 0.25) is 0 Å². The Kier molecular flexibility index (Phi) is 7.02. The van der Waals surface area contributed by atoms with Crippen molar-refractivity contribution < 1.29 is 23.9 Å². The van der Waals surface area contributed by atoms with Crippen LogP contribution in [0.5, 0.6) is 11.5 Å². The molecule has 36 heavy (non-hydrogen) atoms. The molecule has 0 aliphatic carbocycles. The van der Waals surface area contributed by atoms with E-state index in [9.17, 15) is 19.7 Å². The van der Waals surface area contributed by atoms with Crippen LogP contribution in [0.25, 0.3) is 6.08 Å². The fourth-order valence-corrected chi connectivity index (χ4v) is 5.06. The van der Waals surface area contributed by atoms with Crippen molar-refractivity contribution in [1.82, 2.24) is 4.57 Å². The number of carbonyl (C=O) groups excluding carboxylic acids is 1. The van der Waals surface area contributed by atoms with Crippen molar-refractivity contribution in [2.75, 3.05) is 20.8 Å². The van der Waals surface area contributed by atoms with Gasteiger partial charge in [0.05, 0.1) is 47.6 Å². The van der Waals surface area contributed by atoms with E-state index in [4.69, 9.17) is 14.2 Å². The van der Waals surface area contributed by atoms with Crippen LogP contribution in [-0.4, -0.2) is 36.3 Å². The molecule has 1 aromatic heterocycles. The molecule has 0 spiro atoms. The summed E-state index contributed by atoms with van der Waals surface area (Å²) in [5.41, 5.74) is 1.29. The number of non-ortho nitro benzene ring substituents is 1. The van der Waals surface area contributed by atoms with Crippen molar-refractivity contribution in [1.29, 1.82) is 0 Å². The highest BCUT2D eigenvalue weighted by Gasteiger charge is 2.33. The van der Waals surface area contributed by atoms with Gasteiger partial charge in [-0.3, -0.25) is 19.5 Å². The normalized spacial score (nSPS) is 15.2. The molecule has 2 aromatic carbocycles. The highest BCUT2D eigenvalue weighted by Crippen LogP contribution is 2.36. The van der Waals surface area contributed by atoms with Gasteiger partial charge in [0.25, 0.3) is 11.2 Å². The first-order valence-corrected chi connectivity index (χ1v) is 11.8. The number of hydrogen-bond donors (Lipinski definition) is 0. The SMILES string of the molecule is CCOC(=O)C1=C(C)N=c2s/c(=C/c3cccc([N+](=O)[O-])c3)c(=O)n2[C@@H]1c1ccc(OC)c(OC)c1. The topological polar surface area (TPSA) is 122 Å². The summed E-state index contributed by atoms with van der Waals surface area (Å²) in [5, 5.41) is 11.2. The Morgan fingerprint density at radius 3 is 2.61 bits per heavy atom. The Bertz CT molecular complexity index is 1570. The van der Waals surface area contributed by atoms with E-state index in [0.29, 0.717) is 37.7 Å². The Morgan fingerprint density at radius 2 is 1.94 bits per heavy atom. The standard InChI is InChI=1S/C25H23N3O7S/c1-5-35-24(30)21-14(2)26-25-27(22(21)16-9-10-18(33-3)19(13-16)34-4)23(29)20(36-25)12-15-7-6-8-17(11-15)28(31)32/h6-13,22H,5H2,1-4H3/b20-12+/t22-/m1/s1. The number of carbonyl (C=O) groups is 1. The van der Waals surface area contributed by atoms with Gasteiger partial charge in [-0.25, -0.2) is 9.79 Å². The molecule has 2 heterocycles. The zero-order chi connectivity index (χ0) is 26.0. The van der Waals surface area contributed by atoms with E-state index in [1.54, 1.807) is 50.3 Å². The number of nitrogens with zero attached hydrogens (tertiary/aromatic N) is 3. The molecule has 4 rings (SSSR count). The Morgan fingerprint density at radius 1 is 1.19 bits per heavy atom. The summed E-state index contributed by atoms with van der Waals surface area (Å²) in [6, 6.07) is 10.3. The summed E-state index contributed by atoms with van der Waals surface area (Å²) in [6.07, 6.45) is 1.58. The Labute approximate surface area is 209 Å². The number of nitro groups is 1. The second kappa shape index (κ2) is 10.2. The molecule has 1 aliphatic heterocycles. The predicted octanol–water partition coefficient (Wildman–Crippen LogP) is 2.72. The number of allylic oxidation sites excluding steroid dienone is 1. The van der Waals surface area contributed by atoms with Gasteiger partial charge in [-0.05, 0) is 43.2 Å². The number of thiazole rings is 1. The van der Waals surface area contributed by atoms with Gasteiger partial charge >= 0.3 is 5.97 Å². The monoisotopic (exact) mass is 509 g/mol. The number of rotatable bonds is 7. The van der Waals surface area contributed by atoms with E-state index in [0.717, 1.165) is 11.3 Å². The molecule has 0 unspecified atom stereocenters. The molecule has 0 bridgehead atoms. The zero-order valence-corrected chi connectivity index (χ0v) is 20.8. The summed E-state index contributed by atoms with van der Waals surface area (Å²) >= 11 is 1.13. The van der Waals surface area contributed by atoms with Crippen molar-refractivity contribution >= 4 is 29.1 Å². The zero-order valence-electron chi connectivity index (χ0n) is 20.0. The van der Waals surface area contributed by atoms with Gasteiger partial charge < -0.3 is 14.2 Å². The third-order valence-corrected chi connectivity index (χ3v) is 6.60. The van der Waals surface area contributed by atoms with Crippen LogP contribution in [0.2, 0.25) is 0 Å². The number of ether oxygens (including phenoxy) is 3. The van der Waals surface area contributed by atoms with E-state index >= 15 is 0 Å². The molecule has 0 fully saturated rings. The first-order valence-electron chi connectivity index (χ1n) is 10.9. The lowest BCUT2D eigenvalue weighted by Gasteiger charge is -2.25. The van der Waals surface area contributed by atoms with Crippen molar-refractivity contribution in [3.63, 3.8) is 0 Å². The summed E-state index contributed by atoms with van der Waals surface area (Å²) in [6.45, 7) is 3.55. The van der Waals surface area contributed by atoms with Crippen LogP contribution in [0.4, 0.5) is 5.69 Å². The average Bonchev–Trinajstić information content (AvgIpc) is 3.17. The molecule has 3 aromatic rings. The van der Waals surface area contributed by atoms with E-state index in [2.05, 4.69) is 4.99 Å². The molecule has 11 heteroatoms. The highest BCUT2D eigenvalue weighted by molar-refractivity contribution is 7.07. The maximum atomic E-state index is 13.6. The summed E-state index contributed by atoms with van der Waals surface area (Å²) in [4.78, 5) is 42.2. The first-order chi connectivity index (χ1) is 17.3. The fraction of sp³-hybridized carbons (Fsp3) is 0.240. The minimum Gasteiger partial charge on any atom is -0.493 e. The minimum absolute atomic E-state index is 0.0832. The van der Waals surface area contributed by atoms with Crippen LogP contribution in [0.15, 0.2) is 63.5 Å². The molecule has 10 nitrogen and oxygen atoms in total. The number of nitro benzene ring substituents is 1. The van der Waals surface area contributed by atoms with Crippen LogP contribution in [0.1, 0.15) is 31.0 Å². The molecule has 0 N–H and O–H groups in total. The number of aromatic nitrogens is 1. The molecular formula is C25H23N3O7S. The van der Waals surface area contributed by atoms with E-state index in [1.165, 1.54) is 30.9 Å². The van der Waals surface area contributed by atoms with Crippen LogP contribution in [-0.2, 0) is 9.53 Å². The van der Waals surface area contributed by atoms with Crippen molar-refractivity contribution in [3.8, 4) is 11.5 Å². The smallest absolute Gasteiger partial charge is 0.338 e.